The zero-order valence-electron chi connectivity index (χ0n) is 12.1. The van der Waals surface area contributed by atoms with Gasteiger partial charge in [0.1, 0.15) is 5.82 Å². The van der Waals surface area contributed by atoms with Crippen molar-refractivity contribution >= 4 is 16.7 Å². The van der Waals surface area contributed by atoms with Crippen LogP contribution in [-0.4, -0.2) is 27.1 Å². The lowest BCUT2D eigenvalue weighted by molar-refractivity contribution is 0.273. The van der Waals surface area contributed by atoms with Crippen molar-refractivity contribution in [2.24, 2.45) is 0 Å². The molecule has 0 saturated heterocycles. The predicted molar refractivity (Wildman–Crippen MR) is 83.3 cm³/mol. The Kier molecular flexibility index (Phi) is 4.73. The molecule has 0 bridgehead atoms. The van der Waals surface area contributed by atoms with E-state index in [4.69, 9.17) is 0 Å². The number of anilines is 1. The molecule has 2 rings (SSSR count). The molecule has 0 saturated carbocycles. The van der Waals surface area contributed by atoms with Gasteiger partial charge in [-0.15, -0.1) is 0 Å². The van der Waals surface area contributed by atoms with E-state index in [0.29, 0.717) is 0 Å². The summed E-state index contributed by atoms with van der Waals surface area (Å²) in [5.41, 5.74) is 1.14. The molecule has 0 aliphatic rings. The summed E-state index contributed by atoms with van der Waals surface area (Å²) in [6.45, 7) is 6.34. The standard InChI is InChI=1S/C15H21N3OS/c1-15(2,3)13-17-14(20-18-13)16-12(10-19)9-11-7-5-4-6-8-11/h4-8,12,19H,9-10H2,1-3H3,(H,16,17,18). The Balaban J connectivity index is 2.01. The zero-order chi connectivity index (χ0) is 14.6. The predicted octanol–water partition coefficient (Wildman–Crippen LogP) is 2.85. The van der Waals surface area contributed by atoms with Crippen LogP contribution >= 0.6 is 11.5 Å². The number of hydrogen-bond acceptors (Lipinski definition) is 5. The summed E-state index contributed by atoms with van der Waals surface area (Å²) in [5.74, 6) is 0.835. The van der Waals surface area contributed by atoms with Gasteiger partial charge in [-0.05, 0) is 12.0 Å². The molecule has 20 heavy (non-hydrogen) atoms. The summed E-state index contributed by atoms with van der Waals surface area (Å²) in [6.07, 6.45) is 0.766. The number of nitrogens with one attached hydrogen (secondary N) is 1. The maximum Gasteiger partial charge on any atom is 0.202 e. The first-order valence-electron chi connectivity index (χ1n) is 6.74. The number of aliphatic hydroxyl groups is 1. The van der Waals surface area contributed by atoms with E-state index in [1.165, 1.54) is 17.1 Å². The maximum atomic E-state index is 9.51. The van der Waals surface area contributed by atoms with Crippen molar-refractivity contribution in [2.45, 2.75) is 38.6 Å². The van der Waals surface area contributed by atoms with E-state index in [1.54, 1.807) is 0 Å². The lowest BCUT2D eigenvalue weighted by Gasteiger charge is -2.15. The molecular weight excluding hydrogens is 270 g/mol. The Bertz CT molecular complexity index is 534. The third kappa shape index (κ3) is 4.02. The average molecular weight is 291 g/mol. The maximum absolute atomic E-state index is 9.51. The molecule has 0 fully saturated rings. The smallest absolute Gasteiger partial charge is 0.202 e. The molecule has 2 N–H and O–H groups in total. The van der Waals surface area contributed by atoms with Crippen molar-refractivity contribution in [3.05, 3.63) is 41.7 Å². The van der Waals surface area contributed by atoms with E-state index in [1.807, 2.05) is 18.2 Å². The molecule has 0 aliphatic heterocycles. The monoisotopic (exact) mass is 291 g/mol. The van der Waals surface area contributed by atoms with Crippen LogP contribution < -0.4 is 5.32 Å². The first-order chi connectivity index (χ1) is 9.49. The van der Waals surface area contributed by atoms with Crippen molar-refractivity contribution in [2.75, 3.05) is 11.9 Å². The molecule has 5 heteroatoms. The molecule has 2 aromatic rings. The highest BCUT2D eigenvalue weighted by Gasteiger charge is 2.20. The van der Waals surface area contributed by atoms with Gasteiger partial charge in [0.2, 0.25) is 5.13 Å². The SMILES string of the molecule is CC(C)(C)c1nsc(NC(CO)Cc2ccccc2)n1. The molecule has 1 aromatic heterocycles. The van der Waals surface area contributed by atoms with Crippen LogP contribution in [-0.2, 0) is 11.8 Å². The van der Waals surface area contributed by atoms with Crippen molar-refractivity contribution in [1.29, 1.82) is 0 Å². The minimum Gasteiger partial charge on any atom is -0.394 e. The van der Waals surface area contributed by atoms with E-state index in [-0.39, 0.29) is 18.1 Å². The minimum atomic E-state index is -0.0510. The number of aliphatic hydroxyl groups excluding tert-OH is 1. The van der Waals surface area contributed by atoms with E-state index in [0.717, 1.165) is 17.4 Å². The summed E-state index contributed by atoms with van der Waals surface area (Å²) >= 11 is 1.35. The average Bonchev–Trinajstić information content (AvgIpc) is 2.87. The highest BCUT2D eigenvalue weighted by Crippen LogP contribution is 2.23. The topological polar surface area (TPSA) is 58.0 Å². The van der Waals surface area contributed by atoms with Gasteiger partial charge >= 0.3 is 0 Å². The third-order valence-corrected chi connectivity index (χ3v) is 3.62. The Morgan fingerprint density at radius 3 is 2.50 bits per heavy atom. The number of hydrogen-bond donors (Lipinski definition) is 2. The Hall–Kier alpha value is -1.46. The molecule has 1 heterocycles. The van der Waals surface area contributed by atoms with Crippen molar-refractivity contribution in [1.82, 2.24) is 9.36 Å². The Labute approximate surface area is 124 Å². The molecule has 0 spiro atoms. The normalized spacial score (nSPS) is 13.2. The van der Waals surface area contributed by atoms with Crippen LogP contribution in [0.25, 0.3) is 0 Å². The van der Waals surface area contributed by atoms with Gasteiger partial charge in [0.15, 0.2) is 0 Å². The summed E-state index contributed by atoms with van der Waals surface area (Å²) in [7, 11) is 0. The van der Waals surface area contributed by atoms with Crippen LogP contribution in [0.4, 0.5) is 5.13 Å². The van der Waals surface area contributed by atoms with Gasteiger partial charge in [0.25, 0.3) is 0 Å². The van der Waals surface area contributed by atoms with E-state index in [9.17, 15) is 5.11 Å². The van der Waals surface area contributed by atoms with Gasteiger partial charge in [-0.2, -0.15) is 4.37 Å². The summed E-state index contributed by atoms with van der Waals surface area (Å²) in [4.78, 5) is 4.50. The minimum absolute atomic E-state index is 0.0434. The highest BCUT2D eigenvalue weighted by molar-refractivity contribution is 7.09. The molecule has 1 unspecified atom stereocenters. The quantitative estimate of drug-likeness (QED) is 0.889. The second-order valence-corrected chi connectivity index (χ2v) is 6.64. The second kappa shape index (κ2) is 6.33. The fraction of sp³-hybridized carbons (Fsp3) is 0.467. The fourth-order valence-corrected chi connectivity index (χ4v) is 2.66. The number of rotatable bonds is 5. The van der Waals surface area contributed by atoms with Crippen LogP contribution in [0.5, 0.6) is 0 Å². The van der Waals surface area contributed by atoms with Gasteiger partial charge in [-0.3, -0.25) is 0 Å². The molecule has 0 amide bonds. The van der Waals surface area contributed by atoms with Gasteiger partial charge in [0, 0.05) is 16.9 Å². The first-order valence-corrected chi connectivity index (χ1v) is 7.52. The van der Waals surface area contributed by atoms with Crippen molar-refractivity contribution in [3.8, 4) is 0 Å². The van der Waals surface area contributed by atoms with Crippen LogP contribution in [0.3, 0.4) is 0 Å². The Morgan fingerprint density at radius 2 is 1.95 bits per heavy atom. The van der Waals surface area contributed by atoms with Crippen LogP contribution in [0.1, 0.15) is 32.2 Å². The van der Waals surface area contributed by atoms with Crippen LogP contribution in [0, 0.1) is 0 Å². The van der Waals surface area contributed by atoms with Gasteiger partial charge < -0.3 is 10.4 Å². The molecule has 1 aromatic carbocycles. The number of benzene rings is 1. The summed E-state index contributed by atoms with van der Waals surface area (Å²) in [5, 5.41) is 13.5. The molecule has 0 radical (unpaired) electrons. The van der Waals surface area contributed by atoms with Gasteiger partial charge in [-0.1, -0.05) is 51.1 Å². The largest absolute Gasteiger partial charge is 0.394 e. The number of nitrogens with zero attached hydrogens (tertiary/aromatic N) is 2. The molecule has 1 atom stereocenters. The summed E-state index contributed by atoms with van der Waals surface area (Å²) in [6, 6.07) is 10.1. The Morgan fingerprint density at radius 1 is 1.25 bits per heavy atom. The zero-order valence-corrected chi connectivity index (χ0v) is 12.9. The number of aromatic nitrogens is 2. The molecule has 4 nitrogen and oxygen atoms in total. The van der Waals surface area contributed by atoms with Gasteiger partial charge in [-0.25, -0.2) is 4.98 Å². The second-order valence-electron chi connectivity index (χ2n) is 5.89. The summed E-state index contributed by atoms with van der Waals surface area (Å²) < 4.78 is 4.37. The lowest BCUT2D eigenvalue weighted by atomic mass is 9.96. The van der Waals surface area contributed by atoms with Gasteiger partial charge in [0.05, 0.1) is 12.6 Å². The van der Waals surface area contributed by atoms with Crippen molar-refractivity contribution in [3.63, 3.8) is 0 Å². The molecule has 108 valence electrons. The third-order valence-electron chi connectivity index (χ3n) is 2.97. The van der Waals surface area contributed by atoms with E-state index in [2.05, 4.69) is 47.6 Å². The van der Waals surface area contributed by atoms with E-state index >= 15 is 0 Å². The molecule has 0 aliphatic carbocycles. The first kappa shape index (κ1) is 14.9. The van der Waals surface area contributed by atoms with Crippen molar-refractivity contribution < 1.29 is 5.11 Å². The lowest BCUT2D eigenvalue weighted by Crippen LogP contribution is -2.26. The van der Waals surface area contributed by atoms with E-state index < -0.39 is 0 Å². The fourth-order valence-electron chi connectivity index (χ4n) is 1.82. The van der Waals surface area contributed by atoms with Crippen LogP contribution in [0.2, 0.25) is 0 Å². The van der Waals surface area contributed by atoms with Crippen LogP contribution in [0.15, 0.2) is 30.3 Å². The highest BCUT2D eigenvalue weighted by atomic mass is 32.1. The molecular formula is C15H21N3OS.